The molecule has 0 nitrogen and oxygen atoms in total. The van der Waals surface area contributed by atoms with E-state index in [0.29, 0.717) is 10.8 Å². The average Bonchev–Trinajstić information content (AvgIpc) is 2.46. The lowest BCUT2D eigenvalue weighted by Gasteiger charge is -2.60. The smallest absolute Gasteiger partial charge is 0.00330 e. The van der Waals surface area contributed by atoms with Gasteiger partial charge < -0.3 is 0 Å². The van der Waals surface area contributed by atoms with Crippen molar-refractivity contribution in [3.05, 3.63) is 24.3 Å². The lowest BCUT2D eigenvalue weighted by atomic mass is 9.45. The topological polar surface area (TPSA) is 0 Å². The number of hydrogen-bond donors (Lipinski definition) is 0. The Morgan fingerprint density at radius 3 is 2.62 bits per heavy atom. The van der Waals surface area contributed by atoms with E-state index >= 15 is 0 Å². The maximum absolute atomic E-state index is 4.08. The van der Waals surface area contributed by atoms with Crippen LogP contribution >= 0.6 is 0 Å². The van der Waals surface area contributed by atoms with Gasteiger partial charge in [0.15, 0.2) is 0 Å². The van der Waals surface area contributed by atoms with E-state index in [4.69, 9.17) is 0 Å². The molecule has 0 aromatic rings. The quantitative estimate of drug-likeness (QED) is 0.506. The largest absolute Gasteiger partial charge is 0.102 e. The van der Waals surface area contributed by atoms with Gasteiger partial charge in [-0.3, -0.25) is 0 Å². The first kappa shape index (κ1) is 15.4. The summed E-state index contributed by atoms with van der Waals surface area (Å²) in [6, 6.07) is 0. The summed E-state index contributed by atoms with van der Waals surface area (Å²) in [4.78, 5) is 0. The van der Waals surface area contributed by atoms with E-state index in [9.17, 15) is 0 Å². The van der Waals surface area contributed by atoms with Crippen molar-refractivity contribution in [3.63, 3.8) is 0 Å². The summed E-state index contributed by atoms with van der Waals surface area (Å²) in [5.41, 5.74) is 3.20. The Balaban J connectivity index is 1.96. The van der Waals surface area contributed by atoms with Crippen LogP contribution in [0.1, 0.15) is 79.1 Å². The van der Waals surface area contributed by atoms with Crippen LogP contribution in [0.15, 0.2) is 24.3 Å². The normalized spacial score (nSPS) is 49.8. The monoisotopic (exact) mass is 286 g/mol. The Labute approximate surface area is 132 Å². The van der Waals surface area contributed by atoms with Gasteiger partial charge in [0.25, 0.3) is 0 Å². The van der Waals surface area contributed by atoms with Crippen LogP contribution in [0.3, 0.4) is 0 Å². The average molecular weight is 287 g/mol. The first-order valence-electron chi connectivity index (χ1n) is 9.22. The van der Waals surface area contributed by atoms with Crippen molar-refractivity contribution in [2.24, 2.45) is 28.1 Å². The molecule has 0 aromatic heterocycles. The standard InChI is InChI=1S/C21H34/c1-6-19(3)14-11-17-16(15-19)9-10-18-20(4,7-2)12-8-13-21(17,18)5/h6,15,17-18H,1,7-14H2,2-5H3/t17-,18-,19-,20+,21+/m0/s1. The summed E-state index contributed by atoms with van der Waals surface area (Å²) in [6.45, 7) is 14.1. The van der Waals surface area contributed by atoms with Crippen LogP contribution < -0.4 is 0 Å². The Morgan fingerprint density at radius 1 is 1.19 bits per heavy atom. The molecule has 2 fully saturated rings. The lowest BCUT2D eigenvalue weighted by Crippen LogP contribution is -2.51. The molecule has 118 valence electrons. The van der Waals surface area contributed by atoms with Gasteiger partial charge in [-0.25, -0.2) is 0 Å². The molecule has 2 saturated carbocycles. The maximum Gasteiger partial charge on any atom is 0.00330 e. The van der Waals surface area contributed by atoms with E-state index in [2.05, 4.69) is 46.4 Å². The summed E-state index contributed by atoms with van der Waals surface area (Å²) in [6.07, 6.45) is 16.0. The second-order valence-corrected chi connectivity index (χ2v) is 8.98. The van der Waals surface area contributed by atoms with E-state index in [-0.39, 0.29) is 5.41 Å². The van der Waals surface area contributed by atoms with E-state index in [1.54, 1.807) is 5.57 Å². The molecule has 21 heavy (non-hydrogen) atoms. The van der Waals surface area contributed by atoms with Crippen molar-refractivity contribution < 1.29 is 0 Å². The van der Waals surface area contributed by atoms with Gasteiger partial charge in [-0.1, -0.05) is 58.3 Å². The highest BCUT2D eigenvalue weighted by atomic mass is 14.6. The zero-order valence-electron chi connectivity index (χ0n) is 14.7. The summed E-state index contributed by atoms with van der Waals surface area (Å²) in [5, 5.41) is 0. The Hall–Kier alpha value is -0.520. The van der Waals surface area contributed by atoms with Gasteiger partial charge in [0.1, 0.15) is 0 Å². The van der Waals surface area contributed by atoms with Crippen LogP contribution in [0.4, 0.5) is 0 Å². The van der Waals surface area contributed by atoms with E-state index in [1.165, 1.54) is 51.4 Å². The van der Waals surface area contributed by atoms with Crippen molar-refractivity contribution in [2.75, 3.05) is 0 Å². The van der Waals surface area contributed by atoms with E-state index < -0.39 is 0 Å². The molecule has 0 amide bonds. The fourth-order valence-corrected chi connectivity index (χ4v) is 6.24. The Bertz CT molecular complexity index is 459. The summed E-state index contributed by atoms with van der Waals surface area (Å²) < 4.78 is 0. The molecule has 0 unspecified atom stereocenters. The van der Waals surface area contributed by atoms with Crippen LogP contribution in [-0.2, 0) is 0 Å². The Kier molecular flexibility index (Phi) is 3.66. The second-order valence-electron chi connectivity index (χ2n) is 8.98. The zero-order chi connectivity index (χ0) is 15.3. The van der Waals surface area contributed by atoms with Crippen molar-refractivity contribution in [1.29, 1.82) is 0 Å². The van der Waals surface area contributed by atoms with Crippen LogP contribution in [0, 0.1) is 28.1 Å². The van der Waals surface area contributed by atoms with Gasteiger partial charge in [-0.05, 0) is 61.2 Å². The van der Waals surface area contributed by atoms with Gasteiger partial charge in [-0.15, -0.1) is 6.58 Å². The SMILES string of the molecule is C=C[C@]1(C)C=C2CC[C@H]3[C@](C)(CC)CCC[C@]3(C)[C@H]2CC1. The molecule has 3 aliphatic rings. The summed E-state index contributed by atoms with van der Waals surface area (Å²) in [5.74, 6) is 1.80. The minimum atomic E-state index is 0.262. The van der Waals surface area contributed by atoms with Crippen LogP contribution in [-0.4, -0.2) is 0 Å². The lowest BCUT2D eigenvalue weighted by molar-refractivity contribution is -0.0692. The number of allylic oxidation sites excluding steroid dienone is 3. The molecule has 0 heterocycles. The third-order valence-electron chi connectivity index (χ3n) is 7.83. The minimum absolute atomic E-state index is 0.262. The predicted molar refractivity (Wildman–Crippen MR) is 92.2 cm³/mol. The fraction of sp³-hybridized carbons (Fsp3) is 0.810. The Morgan fingerprint density at radius 2 is 1.95 bits per heavy atom. The van der Waals surface area contributed by atoms with Crippen LogP contribution in [0.25, 0.3) is 0 Å². The van der Waals surface area contributed by atoms with Crippen LogP contribution in [0.2, 0.25) is 0 Å². The van der Waals surface area contributed by atoms with Crippen molar-refractivity contribution in [2.45, 2.75) is 79.1 Å². The third-order valence-corrected chi connectivity index (χ3v) is 7.83. The molecule has 0 bridgehead atoms. The van der Waals surface area contributed by atoms with E-state index in [1.807, 2.05) is 0 Å². The highest BCUT2D eigenvalue weighted by molar-refractivity contribution is 5.26. The minimum Gasteiger partial charge on any atom is -0.102 e. The molecule has 0 aromatic carbocycles. The highest BCUT2D eigenvalue weighted by Crippen LogP contribution is 2.64. The number of hydrogen-bond acceptors (Lipinski definition) is 0. The van der Waals surface area contributed by atoms with Crippen molar-refractivity contribution >= 4 is 0 Å². The van der Waals surface area contributed by atoms with Gasteiger partial charge in [0.05, 0.1) is 0 Å². The maximum atomic E-state index is 4.08. The molecular formula is C21H34. The van der Waals surface area contributed by atoms with Crippen LogP contribution in [0.5, 0.6) is 0 Å². The molecule has 5 atom stereocenters. The zero-order valence-corrected chi connectivity index (χ0v) is 14.7. The molecule has 0 aliphatic heterocycles. The fourth-order valence-electron chi connectivity index (χ4n) is 6.24. The molecule has 0 saturated heterocycles. The first-order chi connectivity index (χ1) is 9.87. The molecule has 0 heteroatoms. The van der Waals surface area contributed by atoms with Gasteiger partial charge in [0, 0.05) is 5.41 Å². The second kappa shape index (κ2) is 5.00. The molecule has 3 rings (SSSR count). The highest BCUT2D eigenvalue weighted by Gasteiger charge is 2.54. The summed E-state index contributed by atoms with van der Waals surface area (Å²) in [7, 11) is 0. The molecule has 3 aliphatic carbocycles. The number of fused-ring (bicyclic) bond motifs is 3. The van der Waals surface area contributed by atoms with E-state index in [0.717, 1.165) is 11.8 Å². The third kappa shape index (κ3) is 2.25. The number of rotatable bonds is 2. The first-order valence-corrected chi connectivity index (χ1v) is 9.22. The summed E-state index contributed by atoms with van der Waals surface area (Å²) >= 11 is 0. The van der Waals surface area contributed by atoms with Crippen molar-refractivity contribution in [3.8, 4) is 0 Å². The van der Waals surface area contributed by atoms with Gasteiger partial charge in [-0.2, -0.15) is 0 Å². The molecule has 0 N–H and O–H groups in total. The molecular weight excluding hydrogens is 252 g/mol. The molecule has 0 spiro atoms. The predicted octanol–water partition coefficient (Wildman–Crippen LogP) is 6.53. The van der Waals surface area contributed by atoms with Crippen molar-refractivity contribution in [1.82, 2.24) is 0 Å². The van der Waals surface area contributed by atoms with Gasteiger partial charge in [0.2, 0.25) is 0 Å². The van der Waals surface area contributed by atoms with Gasteiger partial charge >= 0.3 is 0 Å². The molecule has 0 radical (unpaired) electrons.